The van der Waals surface area contributed by atoms with Crippen molar-refractivity contribution in [2.24, 2.45) is 5.92 Å². The Labute approximate surface area is 161 Å². The maximum Gasteiger partial charge on any atom is 0.490 e. The SMILES string of the molecule is Cc1cn([C@H]2CC[C@@H](COP(=O)(O)OP(=O)(O)OP(=O)(O)O)[C@@H]2F)c(=O)[nH]c1=O. The molecule has 2 rings (SSSR count). The van der Waals surface area contributed by atoms with Crippen LogP contribution in [-0.4, -0.2) is 41.9 Å². The number of aromatic amines is 1. The normalized spacial score (nSPS) is 26.8. The predicted molar refractivity (Wildman–Crippen MR) is 92.5 cm³/mol. The van der Waals surface area contributed by atoms with Gasteiger partial charge in [-0.1, -0.05) is 0 Å². The molecule has 1 fully saturated rings. The van der Waals surface area contributed by atoms with Crippen LogP contribution in [0.1, 0.15) is 24.4 Å². The molecule has 0 radical (unpaired) electrons. The highest BCUT2D eigenvalue weighted by Crippen LogP contribution is 2.66. The van der Waals surface area contributed by atoms with Gasteiger partial charge in [-0.05, 0) is 19.8 Å². The number of nitrogens with zero attached hydrogens (tertiary/aromatic N) is 1. The van der Waals surface area contributed by atoms with Gasteiger partial charge in [-0.3, -0.25) is 18.9 Å². The van der Waals surface area contributed by atoms with Crippen molar-refractivity contribution in [2.75, 3.05) is 6.61 Å². The van der Waals surface area contributed by atoms with Crippen LogP contribution >= 0.6 is 23.5 Å². The molecule has 29 heavy (non-hydrogen) atoms. The molecule has 0 aliphatic heterocycles. The molecule has 0 saturated heterocycles. The van der Waals surface area contributed by atoms with Crippen LogP contribution in [0.15, 0.2) is 15.8 Å². The Hall–Kier alpha value is -0.980. The van der Waals surface area contributed by atoms with E-state index in [-0.39, 0.29) is 18.4 Å². The van der Waals surface area contributed by atoms with Gasteiger partial charge in [0.05, 0.1) is 12.6 Å². The first-order valence-electron chi connectivity index (χ1n) is 7.85. The molecule has 1 saturated carbocycles. The first kappa shape index (κ1) is 24.3. The van der Waals surface area contributed by atoms with E-state index >= 15 is 0 Å². The topological polar surface area (TPSA) is 215 Å². The highest BCUT2D eigenvalue weighted by atomic mass is 31.3. The lowest BCUT2D eigenvalue weighted by Crippen LogP contribution is -2.36. The van der Waals surface area contributed by atoms with Gasteiger partial charge < -0.3 is 19.6 Å². The highest BCUT2D eigenvalue weighted by Gasteiger charge is 2.43. The van der Waals surface area contributed by atoms with Crippen molar-refractivity contribution in [1.82, 2.24) is 9.55 Å². The van der Waals surface area contributed by atoms with Crippen molar-refractivity contribution in [3.63, 3.8) is 0 Å². The zero-order valence-electron chi connectivity index (χ0n) is 14.7. The van der Waals surface area contributed by atoms with E-state index in [9.17, 15) is 32.6 Å². The minimum absolute atomic E-state index is 0.0895. The summed E-state index contributed by atoms with van der Waals surface area (Å²) in [6.07, 6.45) is -0.350. The number of phosphoric ester groups is 1. The lowest BCUT2D eigenvalue weighted by molar-refractivity contribution is 0.118. The molecule has 0 amide bonds. The molecule has 1 aliphatic rings. The number of aryl methyl sites for hydroxylation is 1. The largest absolute Gasteiger partial charge is 0.490 e. The average molecular weight is 482 g/mol. The summed E-state index contributed by atoms with van der Waals surface area (Å²) in [5.41, 5.74) is -1.28. The van der Waals surface area contributed by atoms with Crippen LogP contribution in [0.4, 0.5) is 4.39 Å². The number of aromatic nitrogens is 2. The lowest BCUT2D eigenvalue weighted by Gasteiger charge is -2.21. The second-order valence-electron chi connectivity index (χ2n) is 6.21. The highest BCUT2D eigenvalue weighted by molar-refractivity contribution is 7.66. The Morgan fingerprint density at radius 1 is 1.14 bits per heavy atom. The van der Waals surface area contributed by atoms with Gasteiger partial charge in [0.25, 0.3) is 5.56 Å². The van der Waals surface area contributed by atoms with Gasteiger partial charge in [0.2, 0.25) is 0 Å². The number of alkyl halides is 1. The van der Waals surface area contributed by atoms with E-state index in [4.69, 9.17) is 14.7 Å². The monoisotopic (exact) mass is 482 g/mol. The first-order valence-corrected chi connectivity index (χ1v) is 12.4. The van der Waals surface area contributed by atoms with Crippen LogP contribution < -0.4 is 11.2 Å². The van der Waals surface area contributed by atoms with Crippen LogP contribution in [0.2, 0.25) is 0 Å². The number of H-pyrrole nitrogens is 1. The number of phosphoric acid groups is 3. The zero-order chi connectivity index (χ0) is 22.2. The molecule has 166 valence electrons. The number of hydrogen-bond acceptors (Lipinski definition) is 8. The van der Waals surface area contributed by atoms with Crippen molar-refractivity contribution in [2.45, 2.75) is 32.0 Å². The van der Waals surface area contributed by atoms with Gasteiger partial charge in [0, 0.05) is 17.7 Å². The standard InChI is InChI=1S/C11H18FN2O12P3/c1-6-4-14(11(16)13-10(6)15)8-3-2-7(9(8)12)5-24-28(20,21)26-29(22,23)25-27(17,18)19/h4,7-9H,2-3,5H2,1H3,(H,20,21)(H,22,23)(H,13,15,16)(H2,17,18,19)/t7-,8-,9-/m0/s1. The third kappa shape index (κ3) is 6.76. The molecule has 5 atom stereocenters. The van der Waals surface area contributed by atoms with E-state index in [0.717, 1.165) is 4.57 Å². The van der Waals surface area contributed by atoms with Crippen LogP contribution in [0.5, 0.6) is 0 Å². The predicted octanol–water partition coefficient (Wildman–Crippen LogP) is 0.478. The summed E-state index contributed by atoms with van der Waals surface area (Å²) in [4.78, 5) is 60.7. The van der Waals surface area contributed by atoms with Gasteiger partial charge in [0.1, 0.15) is 6.17 Å². The number of rotatable bonds is 8. The molecule has 1 aliphatic carbocycles. The summed E-state index contributed by atoms with van der Waals surface area (Å²) < 4.78 is 60.8. The van der Waals surface area contributed by atoms with E-state index < -0.39 is 59.5 Å². The fourth-order valence-electron chi connectivity index (χ4n) is 2.81. The lowest BCUT2D eigenvalue weighted by atomic mass is 10.1. The molecule has 14 nitrogen and oxygen atoms in total. The molecule has 5 N–H and O–H groups in total. The van der Waals surface area contributed by atoms with E-state index in [1.54, 1.807) is 0 Å². The summed E-state index contributed by atoms with van der Waals surface area (Å²) in [5.74, 6) is -1.02. The zero-order valence-corrected chi connectivity index (χ0v) is 17.3. The average Bonchev–Trinajstić information content (AvgIpc) is 2.86. The second kappa shape index (κ2) is 8.64. The maximum absolute atomic E-state index is 14.7. The summed E-state index contributed by atoms with van der Waals surface area (Å²) in [7, 11) is -16.5. The molecule has 0 bridgehead atoms. The van der Waals surface area contributed by atoms with Crippen molar-refractivity contribution in [3.8, 4) is 0 Å². The van der Waals surface area contributed by atoms with Crippen LogP contribution in [0.3, 0.4) is 0 Å². The molecule has 0 spiro atoms. The second-order valence-corrected chi connectivity index (χ2v) is 10.6. The quantitative estimate of drug-likeness (QED) is 0.320. The van der Waals surface area contributed by atoms with E-state index in [0.29, 0.717) is 0 Å². The van der Waals surface area contributed by atoms with Gasteiger partial charge in [-0.25, -0.2) is 22.9 Å². The molecule has 2 unspecified atom stereocenters. The van der Waals surface area contributed by atoms with E-state index in [1.807, 2.05) is 4.98 Å². The molecule has 0 aromatic carbocycles. The Morgan fingerprint density at radius 3 is 2.34 bits per heavy atom. The number of hydrogen-bond donors (Lipinski definition) is 5. The third-order valence-corrected chi connectivity index (χ3v) is 7.82. The van der Waals surface area contributed by atoms with Gasteiger partial charge in [-0.15, -0.1) is 0 Å². The van der Waals surface area contributed by atoms with E-state index in [2.05, 4.69) is 13.1 Å². The third-order valence-electron chi connectivity index (χ3n) is 4.02. The van der Waals surface area contributed by atoms with Gasteiger partial charge in [0.15, 0.2) is 0 Å². The van der Waals surface area contributed by atoms with Crippen molar-refractivity contribution < 1.29 is 50.8 Å². The maximum atomic E-state index is 14.7. The fraction of sp³-hybridized carbons (Fsp3) is 0.636. The van der Waals surface area contributed by atoms with Crippen LogP contribution in [0, 0.1) is 12.8 Å². The van der Waals surface area contributed by atoms with Gasteiger partial charge in [-0.2, -0.15) is 8.62 Å². The van der Waals surface area contributed by atoms with E-state index in [1.165, 1.54) is 13.1 Å². The molecule has 1 heterocycles. The molecule has 1 aromatic rings. The Kier molecular flexibility index (Phi) is 7.24. The van der Waals surface area contributed by atoms with Crippen molar-refractivity contribution >= 4 is 23.5 Å². The van der Waals surface area contributed by atoms with Crippen LogP contribution in [0.25, 0.3) is 0 Å². The van der Waals surface area contributed by atoms with Gasteiger partial charge >= 0.3 is 29.2 Å². The summed E-state index contributed by atoms with van der Waals surface area (Å²) in [5, 5.41) is 0. The molecule has 18 heteroatoms. The first-order chi connectivity index (χ1) is 13.1. The molecular formula is C11H18FN2O12P3. The Bertz CT molecular complexity index is 1020. The smallest absolute Gasteiger partial charge is 0.302 e. The number of halogens is 1. The Balaban J connectivity index is 2.03. The summed E-state index contributed by atoms with van der Waals surface area (Å²) in [6, 6.07) is -0.993. The van der Waals surface area contributed by atoms with Crippen LogP contribution in [-0.2, 0) is 26.8 Å². The molecule has 1 aromatic heterocycles. The van der Waals surface area contributed by atoms with Crippen molar-refractivity contribution in [1.29, 1.82) is 0 Å². The van der Waals surface area contributed by atoms with Crippen molar-refractivity contribution in [3.05, 3.63) is 32.6 Å². The Morgan fingerprint density at radius 2 is 1.76 bits per heavy atom. The molecular weight excluding hydrogens is 464 g/mol. The number of nitrogens with one attached hydrogen (secondary N) is 1. The summed E-state index contributed by atoms with van der Waals surface area (Å²) >= 11 is 0. The minimum atomic E-state index is -5.66. The fourth-order valence-corrected chi connectivity index (χ4v) is 5.89. The summed E-state index contributed by atoms with van der Waals surface area (Å²) in [6.45, 7) is 0.641. The minimum Gasteiger partial charge on any atom is -0.302 e.